The van der Waals surface area contributed by atoms with Crippen LogP contribution in [0, 0.1) is 12.7 Å². The molecule has 0 amide bonds. The second-order valence-electron chi connectivity index (χ2n) is 9.80. The molecule has 0 radical (unpaired) electrons. The number of H-pyrrole nitrogens is 1. The first-order valence-electron chi connectivity index (χ1n) is 12.4. The van der Waals surface area contributed by atoms with Crippen molar-refractivity contribution in [2.75, 3.05) is 13.2 Å². The minimum absolute atomic E-state index is 0.0429. The van der Waals surface area contributed by atoms with E-state index in [1.54, 1.807) is 16.8 Å². The Morgan fingerprint density at radius 1 is 1.14 bits per heavy atom. The van der Waals surface area contributed by atoms with Gasteiger partial charge < -0.3 is 14.3 Å². The Bertz CT molecular complexity index is 1660. The molecule has 0 saturated carbocycles. The van der Waals surface area contributed by atoms with Crippen molar-refractivity contribution < 1.29 is 9.13 Å². The number of aryl methyl sites for hydroxylation is 1. The number of nitrogens with zero attached hydrogens (tertiary/aromatic N) is 5. The number of ether oxygens (including phenoxy) is 1. The summed E-state index contributed by atoms with van der Waals surface area (Å²) in [6, 6.07) is 13.3. The Balaban J connectivity index is 1.34. The SMILES string of the molecule is Cc1cn(C2COC2)c(-c2ccc(Cn3c(=O)[nH]c4cnc(-c5cccc(F)c5C(C)C)nc43)cc2)n1. The topological polar surface area (TPSA) is 90.6 Å². The summed E-state index contributed by atoms with van der Waals surface area (Å²) in [5.74, 6) is 0.970. The molecule has 0 spiro atoms. The molecular weight excluding hydrogens is 471 g/mol. The largest absolute Gasteiger partial charge is 0.377 e. The number of aromatic amines is 1. The second kappa shape index (κ2) is 9.08. The molecule has 1 saturated heterocycles. The third-order valence-corrected chi connectivity index (χ3v) is 6.80. The number of fused-ring (bicyclic) bond motifs is 1. The average Bonchev–Trinajstić information content (AvgIpc) is 3.36. The molecular formula is C28H27FN6O2. The number of aromatic nitrogens is 6. The van der Waals surface area contributed by atoms with E-state index in [9.17, 15) is 9.18 Å². The number of nitrogens with one attached hydrogen (secondary N) is 1. The number of hydrogen-bond donors (Lipinski definition) is 1. The lowest BCUT2D eigenvalue weighted by Gasteiger charge is -2.28. The fourth-order valence-electron chi connectivity index (χ4n) is 4.87. The molecule has 1 aliphatic heterocycles. The predicted molar refractivity (Wildman–Crippen MR) is 139 cm³/mol. The normalized spacial score (nSPS) is 14.0. The number of imidazole rings is 2. The van der Waals surface area contributed by atoms with Crippen molar-refractivity contribution >= 4 is 11.2 Å². The van der Waals surface area contributed by atoms with Crippen LogP contribution in [0.15, 0.2) is 59.7 Å². The van der Waals surface area contributed by atoms with Gasteiger partial charge in [0.1, 0.15) is 17.2 Å². The van der Waals surface area contributed by atoms with Crippen molar-refractivity contribution in [3.05, 3.63) is 88.0 Å². The second-order valence-corrected chi connectivity index (χ2v) is 9.80. The van der Waals surface area contributed by atoms with Gasteiger partial charge in [-0.05, 0) is 24.5 Å². The van der Waals surface area contributed by atoms with E-state index >= 15 is 0 Å². The van der Waals surface area contributed by atoms with Crippen LogP contribution in [0.25, 0.3) is 33.9 Å². The summed E-state index contributed by atoms with van der Waals surface area (Å²) in [6.45, 7) is 7.58. The van der Waals surface area contributed by atoms with Gasteiger partial charge in [0.2, 0.25) is 0 Å². The zero-order valence-corrected chi connectivity index (χ0v) is 20.9. The van der Waals surface area contributed by atoms with Gasteiger partial charge >= 0.3 is 5.69 Å². The highest BCUT2D eigenvalue weighted by molar-refractivity contribution is 5.74. The summed E-state index contributed by atoms with van der Waals surface area (Å²) in [5, 5.41) is 0. The van der Waals surface area contributed by atoms with Crippen molar-refractivity contribution in [1.82, 2.24) is 29.1 Å². The summed E-state index contributed by atoms with van der Waals surface area (Å²) < 4.78 is 23.7. The third-order valence-electron chi connectivity index (χ3n) is 6.80. The summed E-state index contributed by atoms with van der Waals surface area (Å²) in [7, 11) is 0. The molecule has 5 aromatic rings. The zero-order valence-electron chi connectivity index (χ0n) is 20.9. The van der Waals surface area contributed by atoms with Crippen LogP contribution in [0.1, 0.15) is 42.6 Å². The lowest BCUT2D eigenvalue weighted by Crippen LogP contribution is -2.30. The Kier molecular flexibility index (Phi) is 5.72. The van der Waals surface area contributed by atoms with Gasteiger partial charge in [0, 0.05) is 22.9 Å². The smallest absolute Gasteiger partial charge is 0.328 e. The summed E-state index contributed by atoms with van der Waals surface area (Å²) in [5.41, 5.74) is 4.85. The van der Waals surface area contributed by atoms with Crippen LogP contribution in [0.2, 0.25) is 0 Å². The first-order valence-corrected chi connectivity index (χ1v) is 12.4. The maximum Gasteiger partial charge on any atom is 0.328 e. The van der Waals surface area contributed by atoms with Crippen LogP contribution >= 0.6 is 0 Å². The van der Waals surface area contributed by atoms with Gasteiger partial charge in [0.25, 0.3) is 0 Å². The molecule has 37 heavy (non-hydrogen) atoms. The highest BCUT2D eigenvalue weighted by atomic mass is 19.1. The van der Waals surface area contributed by atoms with Gasteiger partial charge in [-0.15, -0.1) is 0 Å². The standard InChI is InChI=1S/C28H27FN6O2/c1-16(2)24-21(5-4-6-22(24)29)25-30-11-23-27(33-25)35(28(36)32-23)13-18-7-9-19(10-8-18)26-31-17(3)12-34(26)20-14-37-15-20/h4-12,16,20H,13-15H2,1-3H3,(H,32,36). The lowest BCUT2D eigenvalue weighted by molar-refractivity contribution is -0.0226. The molecule has 0 aliphatic carbocycles. The Labute approximate surface area is 212 Å². The van der Waals surface area contributed by atoms with Crippen molar-refractivity contribution in [2.24, 2.45) is 0 Å². The third kappa shape index (κ3) is 4.15. The van der Waals surface area contributed by atoms with Crippen molar-refractivity contribution in [2.45, 2.75) is 39.3 Å². The number of halogens is 1. The monoisotopic (exact) mass is 498 g/mol. The van der Waals surface area contributed by atoms with Crippen molar-refractivity contribution in [1.29, 1.82) is 0 Å². The fourth-order valence-corrected chi connectivity index (χ4v) is 4.87. The van der Waals surface area contributed by atoms with Crippen LogP contribution < -0.4 is 5.69 Å². The lowest BCUT2D eigenvalue weighted by atomic mass is 9.96. The molecule has 2 aromatic carbocycles. The van der Waals surface area contributed by atoms with Crippen LogP contribution in [0.4, 0.5) is 4.39 Å². The molecule has 1 N–H and O–H groups in total. The van der Waals surface area contributed by atoms with Gasteiger partial charge in [-0.1, -0.05) is 50.2 Å². The maximum absolute atomic E-state index is 14.6. The maximum atomic E-state index is 14.6. The predicted octanol–water partition coefficient (Wildman–Crippen LogP) is 4.84. The van der Waals surface area contributed by atoms with E-state index in [0.717, 1.165) is 22.6 Å². The Hall–Kier alpha value is -4.11. The fraction of sp³-hybridized carbons (Fsp3) is 0.286. The van der Waals surface area contributed by atoms with Gasteiger partial charge in [0.05, 0.1) is 37.7 Å². The van der Waals surface area contributed by atoms with E-state index in [1.807, 2.05) is 51.1 Å². The number of rotatable bonds is 6. The first-order chi connectivity index (χ1) is 17.9. The minimum Gasteiger partial charge on any atom is -0.377 e. The molecule has 0 atom stereocenters. The number of benzene rings is 2. The molecule has 0 bridgehead atoms. The average molecular weight is 499 g/mol. The molecule has 6 rings (SSSR count). The molecule has 3 aromatic heterocycles. The van der Waals surface area contributed by atoms with E-state index in [4.69, 9.17) is 14.7 Å². The highest BCUT2D eigenvalue weighted by Gasteiger charge is 2.24. The van der Waals surface area contributed by atoms with E-state index in [-0.39, 0.29) is 17.4 Å². The minimum atomic E-state index is -0.289. The Morgan fingerprint density at radius 3 is 2.62 bits per heavy atom. The molecule has 4 heterocycles. The molecule has 1 aliphatic rings. The Morgan fingerprint density at radius 2 is 1.92 bits per heavy atom. The first kappa shape index (κ1) is 23.3. The molecule has 8 nitrogen and oxygen atoms in total. The van der Waals surface area contributed by atoms with E-state index < -0.39 is 0 Å². The van der Waals surface area contributed by atoms with Crippen molar-refractivity contribution in [3.8, 4) is 22.8 Å². The highest BCUT2D eigenvalue weighted by Crippen LogP contribution is 2.30. The van der Waals surface area contributed by atoms with Crippen LogP contribution in [-0.2, 0) is 11.3 Å². The van der Waals surface area contributed by atoms with Gasteiger partial charge in [0.15, 0.2) is 11.5 Å². The number of hydrogen-bond acceptors (Lipinski definition) is 5. The van der Waals surface area contributed by atoms with Gasteiger partial charge in [-0.3, -0.25) is 4.57 Å². The van der Waals surface area contributed by atoms with Gasteiger partial charge in [-0.2, -0.15) is 0 Å². The molecule has 188 valence electrons. The molecule has 9 heteroatoms. The van der Waals surface area contributed by atoms with E-state index in [2.05, 4.69) is 20.7 Å². The summed E-state index contributed by atoms with van der Waals surface area (Å²) >= 11 is 0. The van der Waals surface area contributed by atoms with E-state index in [1.165, 1.54) is 6.07 Å². The summed E-state index contributed by atoms with van der Waals surface area (Å²) in [6.07, 6.45) is 3.64. The summed E-state index contributed by atoms with van der Waals surface area (Å²) in [4.78, 5) is 29.5. The van der Waals surface area contributed by atoms with Crippen molar-refractivity contribution in [3.63, 3.8) is 0 Å². The van der Waals surface area contributed by atoms with Crippen LogP contribution in [0.5, 0.6) is 0 Å². The van der Waals surface area contributed by atoms with E-state index in [0.29, 0.717) is 53.9 Å². The molecule has 0 unspecified atom stereocenters. The quantitative estimate of drug-likeness (QED) is 0.362. The van der Waals surface area contributed by atoms with Crippen LogP contribution in [-0.4, -0.2) is 42.3 Å². The zero-order chi connectivity index (χ0) is 25.7. The van der Waals surface area contributed by atoms with Gasteiger partial charge in [-0.25, -0.2) is 24.1 Å². The molecule has 1 fully saturated rings. The van der Waals surface area contributed by atoms with Crippen LogP contribution in [0.3, 0.4) is 0 Å².